The lowest BCUT2D eigenvalue weighted by Gasteiger charge is -2.29. The molecule has 2 aromatic rings. The van der Waals surface area contributed by atoms with Crippen LogP contribution >= 0.6 is 0 Å². The standard InChI is InChI=1S/C20H26N4O2S/c1-2-27(25,26)23-18-7-5-16(6-8-18)15-22-19-9-10-20(17(13-19)14-21)24-11-3-4-12-24/h3-4,9-13,16,18,22-23H,2,5-8,15H2,1H3. The van der Waals surface area contributed by atoms with Crippen molar-refractivity contribution in [3.63, 3.8) is 0 Å². The molecule has 1 aliphatic rings. The Kier molecular flexibility index (Phi) is 6.19. The van der Waals surface area contributed by atoms with Crippen molar-refractivity contribution < 1.29 is 8.42 Å². The third kappa shape index (κ3) is 5.12. The Morgan fingerprint density at radius 3 is 2.52 bits per heavy atom. The van der Waals surface area contributed by atoms with E-state index in [1.807, 2.05) is 47.3 Å². The molecule has 0 aliphatic heterocycles. The normalized spacial score (nSPS) is 20.1. The number of nitrogens with one attached hydrogen (secondary N) is 2. The first-order chi connectivity index (χ1) is 13.0. The number of sulfonamides is 1. The van der Waals surface area contributed by atoms with E-state index in [4.69, 9.17) is 0 Å². The monoisotopic (exact) mass is 386 g/mol. The third-order valence-electron chi connectivity index (χ3n) is 5.17. The Morgan fingerprint density at radius 1 is 1.19 bits per heavy atom. The van der Waals surface area contributed by atoms with E-state index in [-0.39, 0.29) is 11.8 Å². The summed E-state index contributed by atoms with van der Waals surface area (Å²) >= 11 is 0. The van der Waals surface area contributed by atoms with E-state index < -0.39 is 10.0 Å². The molecule has 27 heavy (non-hydrogen) atoms. The second kappa shape index (κ2) is 8.59. The van der Waals surface area contributed by atoms with Gasteiger partial charge < -0.3 is 9.88 Å². The summed E-state index contributed by atoms with van der Waals surface area (Å²) < 4.78 is 28.1. The van der Waals surface area contributed by atoms with Gasteiger partial charge in [0.25, 0.3) is 0 Å². The second-order valence-electron chi connectivity index (χ2n) is 7.05. The average molecular weight is 387 g/mol. The molecule has 0 bridgehead atoms. The van der Waals surface area contributed by atoms with Gasteiger partial charge in [0.2, 0.25) is 10.0 Å². The SMILES string of the molecule is CCS(=O)(=O)NC1CCC(CNc2ccc(-n3cccc3)c(C#N)c2)CC1. The van der Waals surface area contributed by atoms with Crippen LogP contribution in [0.2, 0.25) is 0 Å². The van der Waals surface area contributed by atoms with Crippen LogP contribution in [0.1, 0.15) is 38.2 Å². The smallest absolute Gasteiger partial charge is 0.211 e. The van der Waals surface area contributed by atoms with E-state index in [2.05, 4.69) is 16.1 Å². The first-order valence-corrected chi connectivity index (χ1v) is 11.1. The van der Waals surface area contributed by atoms with Gasteiger partial charge in [0.15, 0.2) is 0 Å². The van der Waals surface area contributed by atoms with Gasteiger partial charge in [-0.2, -0.15) is 5.26 Å². The van der Waals surface area contributed by atoms with Gasteiger partial charge in [0.1, 0.15) is 6.07 Å². The van der Waals surface area contributed by atoms with Crippen LogP contribution in [0, 0.1) is 17.2 Å². The molecule has 0 atom stereocenters. The summed E-state index contributed by atoms with van der Waals surface area (Å²) in [6.45, 7) is 2.50. The first kappa shape index (κ1) is 19.5. The quantitative estimate of drug-likeness (QED) is 0.765. The van der Waals surface area contributed by atoms with Crippen molar-refractivity contribution in [2.75, 3.05) is 17.6 Å². The minimum Gasteiger partial charge on any atom is -0.385 e. The molecule has 0 spiro atoms. The van der Waals surface area contributed by atoms with Gasteiger partial charge in [0, 0.05) is 30.7 Å². The summed E-state index contributed by atoms with van der Waals surface area (Å²) in [6, 6.07) is 12.0. The highest BCUT2D eigenvalue weighted by Gasteiger charge is 2.24. The molecule has 1 saturated carbocycles. The number of nitriles is 1. The largest absolute Gasteiger partial charge is 0.385 e. The molecule has 6 nitrogen and oxygen atoms in total. The van der Waals surface area contributed by atoms with E-state index in [0.717, 1.165) is 43.6 Å². The van der Waals surface area contributed by atoms with Crippen molar-refractivity contribution in [3.05, 3.63) is 48.3 Å². The van der Waals surface area contributed by atoms with Crippen molar-refractivity contribution in [3.8, 4) is 11.8 Å². The van der Waals surface area contributed by atoms with E-state index >= 15 is 0 Å². The Balaban J connectivity index is 1.53. The molecule has 1 aromatic carbocycles. The van der Waals surface area contributed by atoms with E-state index in [1.54, 1.807) is 6.92 Å². The van der Waals surface area contributed by atoms with Crippen molar-refractivity contribution in [1.82, 2.24) is 9.29 Å². The number of nitrogens with zero attached hydrogens (tertiary/aromatic N) is 2. The van der Waals surface area contributed by atoms with Crippen molar-refractivity contribution in [1.29, 1.82) is 5.26 Å². The van der Waals surface area contributed by atoms with Crippen LogP contribution in [0.3, 0.4) is 0 Å². The minimum atomic E-state index is -3.12. The van der Waals surface area contributed by atoms with Crippen LogP contribution in [0.4, 0.5) is 5.69 Å². The Morgan fingerprint density at radius 2 is 1.89 bits per heavy atom. The molecule has 1 aromatic heterocycles. The molecule has 0 radical (unpaired) electrons. The number of hydrogen-bond acceptors (Lipinski definition) is 4. The molecule has 1 fully saturated rings. The summed E-state index contributed by atoms with van der Waals surface area (Å²) in [5.74, 6) is 0.649. The summed E-state index contributed by atoms with van der Waals surface area (Å²) in [7, 11) is -3.12. The molecule has 144 valence electrons. The van der Waals surface area contributed by atoms with Crippen LogP contribution in [-0.4, -0.2) is 31.3 Å². The van der Waals surface area contributed by atoms with Crippen molar-refractivity contribution in [2.45, 2.75) is 38.6 Å². The maximum absolute atomic E-state index is 11.7. The highest BCUT2D eigenvalue weighted by molar-refractivity contribution is 7.89. The fourth-order valence-electron chi connectivity index (χ4n) is 3.54. The third-order valence-corrected chi connectivity index (χ3v) is 6.62. The molecular weight excluding hydrogens is 360 g/mol. The zero-order valence-electron chi connectivity index (χ0n) is 15.6. The highest BCUT2D eigenvalue weighted by Crippen LogP contribution is 2.26. The predicted molar refractivity (Wildman–Crippen MR) is 107 cm³/mol. The zero-order valence-corrected chi connectivity index (χ0v) is 16.4. The fraction of sp³-hybridized carbons (Fsp3) is 0.450. The van der Waals surface area contributed by atoms with Gasteiger partial charge in [0.05, 0.1) is 17.0 Å². The molecule has 7 heteroatoms. The summed E-state index contributed by atoms with van der Waals surface area (Å²) in [6.07, 6.45) is 7.60. The maximum Gasteiger partial charge on any atom is 0.211 e. The van der Waals surface area contributed by atoms with Gasteiger partial charge in [-0.1, -0.05) is 0 Å². The van der Waals surface area contributed by atoms with Crippen LogP contribution < -0.4 is 10.0 Å². The molecule has 0 unspecified atom stereocenters. The molecule has 0 saturated heterocycles. The molecule has 2 N–H and O–H groups in total. The van der Waals surface area contributed by atoms with E-state index in [9.17, 15) is 13.7 Å². The number of anilines is 1. The molecule has 1 aliphatic carbocycles. The Hall–Kier alpha value is -2.30. The van der Waals surface area contributed by atoms with Gasteiger partial charge in [-0.25, -0.2) is 13.1 Å². The number of aromatic nitrogens is 1. The fourth-order valence-corrected chi connectivity index (χ4v) is 4.45. The van der Waals surface area contributed by atoms with Crippen LogP contribution in [-0.2, 0) is 10.0 Å². The van der Waals surface area contributed by atoms with Crippen LogP contribution in [0.25, 0.3) is 5.69 Å². The van der Waals surface area contributed by atoms with Crippen molar-refractivity contribution in [2.24, 2.45) is 5.92 Å². The van der Waals surface area contributed by atoms with Crippen LogP contribution in [0.5, 0.6) is 0 Å². The lowest BCUT2D eigenvalue weighted by molar-refractivity contribution is 0.324. The molecule has 3 rings (SSSR count). The topological polar surface area (TPSA) is 86.9 Å². The van der Waals surface area contributed by atoms with E-state index in [0.29, 0.717) is 11.5 Å². The average Bonchev–Trinajstić information content (AvgIpc) is 3.21. The minimum absolute atomic E-state index is 0.0669. The molecular formula is C20H26N4O2S. The number of benzene rings is 1. The first-order valence-electron chi connectivity index (χ1n) is 9.42. The Labute approximate surface area is 161 Å². The Bertz CT molecular complexity index is 893. The summed E-state index contributed by atoms with van der Waals surface area (Å²) in [5, 5.41) is 12.9. The van der Waals surface area contributed by atoms with Gasteiger partial charge in [-0.15, -0.1) is 0 Å². The van der Waals surface area contributed by atoms with Gasteiger partial charge in [-0.3, -0.25) is 0 Å². The predicted octanol–water partition coefficient (Wildman–Crippen LogP) is 3.26. The molecule has 1 heterocycles. The molecule has 0 amide bonds. The number of rotatable bonds is 7. The summed E-state index contributed by atoms with van der Waals surface area (Å²) in [4.78, 5) is 0. The highest BCUT2D eigenvalue weighted by atomic mass is 32.2. The van der Waals surface area contributed by atoms with Crippen molar-refractivity contribution >= 4 is 15.7 Å². The van der Waals surface area contributed by atoms with E-state index in [1.165, 1.54) is 0 Å². The second-order valence-corrected chi connectivity index (χ2v) is 9.10. The lowest BCUT2D eigenvalue weighted by Crippen LogP contribution is -2.39. The summed E-state index contributed by atoms with van der Waals surface area (Å²) in [5.41, 5.74) is 2.45. The number of hydrogen-bond donors (Lipinski definition) is 2. The lowest BCUT2D eigenvalue weighted by atomic mass is 9.86. The zero-order chi connectivity index (χ0) is 19.3. The van der Waals surface area contributed by atoms with Gasteiger partial charge >= 0.3 is 0 Å². The maximum atomic E-state index is 11.7. The van der Waals surface area contributed by atoms with Crippen LogP contribution in [0.15, 0.2) is 42.7 Å². The van der Waals surface area contributed by atoms with Gasteiger partial charge in [-0.05, 0) is 68.9 Å².